The van der Waals surface area contributed by atoms with Gasteiger partial charge in [0.15, 0.2) is 0 Å². The van der Waals surface area contributed by atoms with E-state index in [-0.39, 0.29) is 6.04 Å². The topological polar surface area (TPSA) is 72.6 Å². The zero-order valence-electron chi connectivity index (χ0n) is 12.7. The molecule has 0 heterocycles. The molecule has 1 aliphatic rings. The molecule has 118 valence electrons. The van der Waals surface area contributed by atoms with Crippen LogP contribution >= 0.6 is 0 Å². The molecule has 1 aromatic rings. The second-order valence-corrected chi connectivity index (χ2v) is 7.61. The van der Waals surface area contributed by atoms with Crippen LogP contribution < -0.4 is 10.5 Å². The number of hydrogen-bond acceptors (Lipinski definition) is 4. The minimum Gasteiger partial charge on any atom is -0.492 e. The molecule has 5 nitrogen and oxygen atoms in total. The van der Waals surface area contributed by atoms with Crippen LogP contribution in [-0.2, 0) is 10.0 Å². The van der Waals surface area contributed by atoms with E-state index in [4.69, 9.17) is 10.5 Å². The highest BCUT2D eigenvalue weighted by molar-refractivity contribution is 7.89. The van der Waals surface area contributed by atoms with Crippen molar-refractivity contribution >= 4 is 10.0 Å². The first-order valence-electron chi connectivity index (χ1n) is 7.40. The van der Waals surface area contributed by atoms with E-state index in [1.54, 1.807) is 28.6 Å². The van der Waals surface area contributed by atoms with E-state index in [1.807, 2.05) is 13.8 Å². The summed E-state index contributed by atoms with van der Waals surface area (Å²) in [4.78, 5) is 0.317. The lowest BCUT2D eigenvalue weighted by Gasteiger charge is -2.26. The third-order valence-electron chi connectivity index (χ3n) is 3.53. The maximum atomic E-state index is 12.7. The zero-order valence-corrected chi connectivity index (χ0v) is 13.5. The zero-order chi connectivity index (χ0) is 15.5. The smallest absolute Gasteiger partial charge is 0.243 e. The van der Waals surface area contributed by atoms with E-state index >= 15 is 0 Å². The third-order valence-corrected chi connectivity index (χ3v) is 5.58. The Labute approximate surface area is 127 Å². The maximum absolute atomic E-state index is 12.7. The van der Waals surface area contributed by atoms with Crippen molar-refractivity contribution in [1.82, 2.24) is 4.31 Å². The fraction of sp³-hybridized carbons (Fsp3) is 0.600. The summed E-state index contributed by atoms with van der Waals surface area (Å²) >= 11 is 0. The summed E-state index contributed by atoms with van der Waals surface area (Å²) in [6, 6.07) is 6.52. The molecular formula is C15H24N2O3S. The summed E-state index contributed by atoms with van der Waals surface area (Å²) in [5, 5.41) is 0. The quantitative estimate of drug-likeness (QED) is 0.795. The molecule has 0 saturated heterocycles. The van der Waals surface area contributed by atoms with E-state index in [0.29, 0.717) is 36.3 Å². The molecule has 1 aromatic carbocycles. The van der Waals surface area contributed by atoms with Crippen LogP contribution in [0.2, 0.25) is 0 Å². The van der Waals surface area contributed by atoms with Crippen LogP contribution in [0, 0.1) is 5.92 Å². The Hall–Kier alpha value is -1.11. The van der Waals surface area contributed by atoms with Crippen LogP contribution in [0.1, 0.15) is 26.7 Å². The molecule has 21 heavy (non-hydrogen) atoms. The van der Waals surface area contributed by atoms with Gasteiger partial charge in [-0.05, 0) is 56.9 Å². The number of benzene rings is 1. The van der Waals surface area contributed by atoms with Gasteiger partial charge >= 0.3 is 0 Å². The summed E-state index contributed by atoms with van der Waals surface area (Å²) in [7, 11) is -3.44. The van der Waals surface area contributed by atoms with E-state index in [9.17, 15) is 8.42 Å². The molecule has 0 amide bonds. The Morgan fingerprint density at radius 3 is 2.38 bits per heavy atom. The van der Waals surface area contributed by atoms with Gasteiger partial charge in [-0.1, -0.05) is 0 Å². The molecule has 0 aromatic heterocycles. The van der Waals surface area contributed by atoms with E-state index < -0.39 is 10.0 Å². The Morgan fingerprint density at radius 2 is 1.90 bits per heavy atom. The van der Waals surface area contributed by atoms with Crippen molar-refractivity contribution in [2.24, 2.45) is 11.7 Å². The molecule has 2 rings (SSSR count). The lowest BCUT2D eigenvalue weighted by Crippen LogP contribution is -2.38. The number of rotatable bonds is 8. The molecule has 0 bridgehead atoms. The summed E-state index contributed by atoms with van der Waals surface area (Å²) in [6.07, 6.45) is 2.26. The molecule has 0 atom stereocenters. The fourth-order valence-electron chi connectivity index (χ4n) is 2.16. The lowest BCUT2D eigenvalue weighted by atomic mass is 10.3. The van der Waals surface area contributed by atoms with E-state index in [0.717, 1.165) is 12.8 Å². The van der Waals surface area contributed by atoms with Crippen LogP contribution in [0.4, 0.5) is 0 Å². The SMILES string of the molecule is CC(C)N(CC1CC1)S(=O)(=O)c1ccc(OCCN)cc1. The highest BCUT2D eigenvalue weighted by Gasteiger charge is 2.33. The fourth-order valence-corrected chi connectivity index (χ4v) is 3.87. The van der Waals surface area contributed by atoms with Crippen LogP contribution in [0.25, 0.3) is 0 Å². The minimum atomic E-state index is -3.44. The summed E-state index contributed by atoms with van der Waals surface area (Å²) < 4.78 is 32.4. The minimum absolute atomic E-state index is 0.0382. The molecular weight excluding hydrogens is 288 g/mol. The summed E-state index contributed by atoms with van der Waals surface area (Å²) in [5.41, 5.74) is 5.37. The molecule has 1 saturated carbocycles. The number of hydrogen-bond donors (Lipinski definition) is 1. The molecule has 1 aliphatic carbocycles. The first-order valence-corrected chi connectivity index (χ1v) is 8.84. The van der Waals surface area contributed by atoms with Gasteiger partial charge in [-0.3, -0.25) is 0 Å². The molecule has 6 heteroatoms. The van der Waals surface area contributed by atoms with Crippen LogP contribution in [-0.4, -0.2) is 38.5 Å². The van der Waals surface area contributed by atoms with Crippen LogP contribution in [0.5, 0.6) is 5.75 Å². The standard InChI is InChI=1S/C15H24N2O3S/c1-12(2)17(11-13-3-4-13)21(18,19)15-7-5-14(6-8-15)20-10-9-16/h5-8,12-13H,3-4,9-11,16H2,1-2H3. The molecule has 0 aliphatic heterocycles. The van der Waals surface area contributed by atoms with Crippen LogP contribution in [0.15, 0.2) is 29.2 Å². The number of nitrogens with two attached hydrogens (primary N) is 1. The van der Waals surface area contributed by atoms with E-state index in [2.05, 4.69) is 0 Å². The normalized spacial score (nSPS) is 15.7. The van der Waals surface area contributed by atoms with Crippen molar-refractivity contribution < 1.29 is 13.2 Å². The van der Waals surface area contributed by atoms with Gasteiger partial charge in [0.1, 0.15) is 12.4 Å². The van der Waals surface area contributed by atoms with Crippen molar-refractivity contribution in [2.75, 3.05) is 19.7 Å². The molecule has 0 radical (unpaired) electrons. The van der Waals surface area contributed by atoms with Gasteiger partial charge in [-0.15, -0.1) is 0 Å². The largest absolute Gasteiger partial charge is 0.492 e. The van der Waals surface area contributed by atoms with Gasteiger partial charge in [0, 0.05) is 19.1 Å². The first-order chi connectivity index (χ1) is 9.95. The molecule has 0 unspecified atom stereocenters. The number of ether oxygens (including phenoxy) is 1. The van der Waals surface area contributed by atoms with Crippen molar-refractivity contribution in [3.8, 4) is 5.75 Å². The maximum Gasteiger partial charge on any atom is 0.243 e. The van der Waals surface area contributed by atoms with Gasteiger partial charge in [0.2, 0.25) is 10.0 Å². The van der Waals surface area contributed by atoms with Gasteiger partial charge < -0.3 is 10.5 Å². The van der Waals surface area contributed by atoms with Gasteiger partial charge in [0.25, 0.3) is 0 Å². The summed E-state index contributed by atoms with van der Waals surface area (Å²) in [6.45, 7) is 5.30. The van der Waals surface area contributed by atoms with Gasteiger partial charge in [0.05, 0.1) is 4.90 Å². The molecule has 0 spiro atoms. The van der Waals surface area contributed by atoms with E-state index in [1.165, 1.54) is 0 Å². The van der Waals surface area contributed by atoms with Crippen LogP contribution in [0.3, 0.4) is 0 Å². The molecule has 1 fully saturated rings. The average Bonchev–Trinajstić information content (AvgIpc) is 3.26. The highest BCUT2D eigenvalue weighted by atomic mass is 32.2. The Kier molecular flexibility index (Phi) is 5.24. The number of sulfonamides is 1. The van der Waals surface area contributed by atoms with Gasteiger partial charge in [-0.2, -0.15) is 4.31 Å². The van der Waals surface area contributed by atoms with Crippen molar-refractivity contribution in [3.05, 3.63) is 24.3 Å². The van der Waals surface area contributed by atoms with Crippen molar-refractivity contribution in [1.29, 1.82) is 0 Å². The Bertz CT molecular complexity index is 551. The second-order valence-electron chi connectivity index (χ2n) is 5.72. The van der Waals surface area contributed by atoms with Crippen molar-refractivity contribution in [3.63, 3.8) is 0 Å². The monoisotopic (exact) mass is 312 g/mol. The number of nitrogens with zero attached hydrogens (tertiary/aromatic N) is 1. The Morgan fingerprint density at radius 1 is 1.29 bits per heavy atom. The highest BCUT2D eigenvalue weighted by Crippen LogP contribution is 2.32. The summed E-state index contributed by atoms with van der Waals surface area (Å²) in [5.74, 6) is 1.16. The average molecular weight is 312 g/mol. The van der Waals surface area contributed by atoms with Crippen molar-refractivity contribution in [2.45, 2.75) is 37.6 Å². The second kappa shape index (κ2) is 6.77. The predicted molar refractivity (Wildman–Crippen MR) is 82.7 cm³/mol. The lowest BCUT2D eigenvalue weighted by molar-refractivity contribution is 0.327. The third kappa shape index (κ3) is 4.18. The predicted octanol–water partition coefficient (Wildman–Crippen LogP) is 1.83. The first kappa shape index (κ1) is 16.3. The molecule has 2 N–H and O–H groups in total. The van der Waals surface area contributed by atoms with Gasteiger partial charge in [-0.25, -0.2) is 8.42 Å². The Balaban J connectivity index is 2.16.